The number of rotatable bonds is 3. The zero-order valence-corrected chi connectivity index (χ0v) is 8.07. The molecule has 0 unspecified atom stereocenters. The number of benzene rings is 1. The number of para-hydroxylation sites is 1. The predicted octanol–water partition coefficient (Wildman–Crippen LogP) is 1.76. The fourth-order valence-electron chi connectivity index (χ4n) is 0.739. The zero-order chi connectivity index (χ0) is 9.90. The third-order valence-electron chi connectivity index (χ3n) is 1.28. The van der Waals surface area contributed by atoms with Crippen LogP contribution in [0.2, 0.25) is 0 Å². The predicted molar refractivity (Wildman–Crippen MR) is 49.7 cm³/mol. The van der Waals surface area contributed by atoms with E-state index >= 15 is 0 Å². The van der Waals surface area contributed by atoms with E-state index in [4.69, 9.17) is 11.6 Å². The Labute approximate surface area is 80.6 Å². The lowest BCUT2D eigenvalue weighted by Crippen LogP contribution is -2.14. The van der Waals surface area contributed by atoms with E-state index in [-0.39, 0.29) is 5.69 Å². The number of nitrogens with one attached hydrogen (secondary N) is 1. The first-order valence-electron chi connectivity index (χ1n) is 3.36. The Morgan fingerprint density at radius 2 is 2.00 bits per heavy atom. The normalized spacial score (nSPS) is 11.2. The van der Waals surface area contributed by atoms with Crippen LogP contribution in [0.25, 0.3) is 0 Å². The van der Waals surface area contributed by atoms with Crippen LogP contribution in [0, 0.1) is 5.82 Å². The minimum atomic E-state index is -3.62. The topological polar surface area (TPSA) is 46.2 Å². The number of sulfonamides is 1. The van der Waals surface area contributed by atoms with Crippen molar-refractivity contribution in [2.24, 2.45) is 0 Å². The Kier molecular flexibility index (Phi) is 3.11. The Morgan fingerprint density at radius 3 is 2.54 bits per heavy atom. The van der Waals surface area contributed by atoms with Crippen molar-refractivity contribution in [1.82, 2.24) is 0 Å². The molecule has 0 saturated carbocycles. The van der Waals surface area contributed by atoms with Crippen LogP contribution >= 0.6 is 11.6 Å². The largest absolute Gasteiger partial charge is 0.280 e. The highest BCUT2D eigenvalue weighted by Crippen LogP contribution is 2.14. The Hall–Kier alpha value is -0.810. The molecule has 6 heteroatoms. The summed E-state index contributed by atoms with van der Waals surface area (Å²) in [6.07, 6.45) is 0. The van der Waals surface area contributed by atoms with Gasteiger partial charge in [-0.2, -0.15) is 0 Å². The molecule has 0 atom stereocenters. The highest BCUT2D eigenvalue weighted by Gasteiger charge is 2.10. The third-order valence-corrected chi connectivity index (χ3v) is 2.96. The third kappa shape index (κ3) is 2.86. The van der Waals surface area contributed by atoms with Gasteiger partial charge in [-0.3, -0.25) is 4.72 Å². The van der Waals surface area contributed by atoms with Crippen LogP contribution in [-0.4, -0.2) is 13.6 Å². The fraction of sp³-hybridized carbons (Fsp3) is 0.143. The molecule has 0 saturated heterocycles. The highest BCUT2D eigenvalue weighted by molar-refractivity contribution is 7.93. The summed E-state index contributed by atoms with van der Waals surface area (Å²) < 4.78 is 36.7. The minimum Gasteiger partial charge on any atom is -0.280 e. The van der Waals surface area contributed by atoms with Crippen LogP contribution in [0.15, 0.2) is 24.3 Å². The van der Waals surface area contributed by atoms with Crippen molar-refractivity contribution in [3.05, 3.63) is 30.1 Å². The van der Waals surface area contributed by atoms with E-state index in [9.17, 15) is 12.8 Å². The molecule has 1 rings (SSSR count). The van der Waals surface area contributed by atoms with Crippen molar-refractivity contribution in [3.8, 4) is 0 Å². The molecule has 0 bridgehead atoms. The lowest BCUT2D eigenvalue weighted by Gasteiger charge is -2.04. The average Bonchev–Trinajstić information content (AvgIpc) is 2.09. The van der Waals surface area contributed by atoms with Crippen molar-refractivity contribution < 1.29 is 12.8 Å². The SMILES string of the molecule is O=S(=O)(CCl)Nc1ccccc1F. The second-order valence-corrected chi connectivity index (χ2v) is 4.61. The van der Waals surface area contributed by atoms with Crippen LogP contribution in [0.4, 0.5) is 10.1 Å². The molecule has 1 aromatic carbocycles. The molecule has 13 heavy (non-hydrogen) atoms. The molecule has 0 aliphatic heterocycles. The second-order valence-electron chi connectivity index (χ2n) is 2.31. The Bertz CT molecular complexity index is 393. The lowest BCUT2D eigenvalue weighted by molar-refractivity contribution is 0.602. The summed E-state index contributed by atoms with van der Waals surface area (Å²) in [5.74, 6) is -0.629. The Balaban J connectivity index is 2.93. The van der Waals surface area contributed by atoms with Gasteiger partial charge in [0.25, 0.3) is 0 Å². The number of alkyl halides is 1. The van der Waals surface area contributed by atoms with Crippen LogP contribution < -0.4 is 4.72 Å². The molecule has 0 amide bonds. The molecule has 0 aliphatic carbocycles. The number of halogens is 2. The summed E-state index contributed by atoms with van der Waals surface area (Å²) in [5, 5.41) is -0.596. The van der Waals surface area contributed by atoms with Gasteiger partial charge in [0.2, 0.25) is 10.0 Å². The summed E-state index contributed by atoms with van der Waals surface area (Å²) in [6, 6.07) is 5.47. The van der Waals surface area contributed by atoms with E-state index in [2.05, 4.69) is 0 Å². The first-order chi connectivity index (χ1) is 6.05. The molecule has 0 radical (unpaired) electrons. The van der Waals surface area contributed by atoms with Gasteiger partial charge in [-0.1, -0.05) is 12.1 Å². The molecular weight excluding hydrogens is 217 g/mol. The Morgan fingerprint density at radius 1 is 1.38 bits per heavy atom. The van der Waals surface area contributed by atoms with Gasteiger partial charge in [-0.05, 0) is 12.1 Å². The van der Waals surface area contributed by atoms with E-state index in [1.165, 1.54) is 18.2 Å². The van der Waals surface area contributed by atoms with Crippen molar-refractivity contribution in [1.29, 1.82) is 0 Å². The van der Waals surface area contributed by atoms with E-state index in [0.717, 1.165) is 6.07 Å². The average molecular weight is 224 g/mol. The van der Waals surface area contributed by atoms with Crippen molar-refractivity contribution in [2.75, 3.05) is 9.93 Å². The molecule has 0 heterocycles. The first kappa shape index (κ1) is 10.3. The number of hydrogen-bond acceptors (Lipinski definition) is 2. The summed E-state index contributed by atoms with van der Waals surface area (Å²) >= 11 is 5.12. The smallest absolute Gasteiger partial charge is 0.246 e. The molecule has 0 aliphatic rings. The fourth-order valence-corrected chi connectivity index (χ4v) is 1.46. The lowest BCUT2D eigenvalue weighted by atomic mass is 10.3. The molecule has 0 fully saturated rings. The molecule has 0 spiro atoms. The van der Waals surface area contributed by atoms with Gasteiger partial charge in [-0.25, -0.2) is 12.8 Å². The summed E-state index contributed by atoms with van der Waals surface area (Å²) in [5.41, 5.74) is -0.0943. The molecule has 72 valence electrons. The maximum atomic E-state index is 12.9. The standard InChI is InChI=1S/C7H7ClFNO2S/c8-5-13(11,12)10-7-4-2-1-3-6(7)9/h1-4,10H,5H2. The van der Waals surface area contributed by atoms with Crippen LogP contribution in [-0.2, 0) is 10.0 Å². The second kappa shape index (κ2) is 3.93. The monoisotopic (exact) mass is 223 g/mol. The van der Waals surface area contributed by atoms with Crippen molar-refractivity contribution >= 4 is 27.3 Å². The molecule has 1 N–H and O–H groups in total. The maximum Gasteiger partial charge on any atom is 0.246 e. The van der Waals surface area contributed by atoms with Crippen molar-refractivity contribution in [3.63, 3.8) is 0 Å². The van der Waals surface area contributed by atoms with Gasteiger partial charge in [0.1, 0.15) is 11.0 Å². The van der Waals surface area contributed by atoms with Gasteiger partial charge >= 0.3 is 0 Å². The van der Waals surface area contributed by atoms with Gasteiger partial charge in [0, 0.05) is 0 Å². The van der Waals surface area contributed by atoms with Gasteiger partial charge in [0.05, 0.1) is 5.69 Å². The number of anilines is 1. The zero-order valence-electron chi connectivity index (χ0n) is 6.50. The maximum absolute atomic E-state index is 12.9. The summed E-state index contributed by atoms with van der Waals surface area (Å²) in [4.78, 5) is 0. The van der Waals surface area contributed by atoms with Crippen LogP contribution in [0.1, 0.15) is 0 Å². The molecular formula is C7H7ClFNO2S. The summed E-state index contributed by atoms with van der Waals surface area (Å²) in [6.45, 7) is 0. The van der Waals surface area contributed by atoms with Gasteiger partial charge in [-0.15, -0.1) is 11.6 Å². The van der Waals surface area contributed by atoms with Crippen LogP contribution in [0.5, 0.6) is 0 Å². The first-order valence-corrected chi connectivity index (χ1v) is 5.55. The molecule has 1 aromatic rings. The van der Waals surface area contributed by atoms with E-state index in [0.29, 0.717) is 0 Å². The van der Waals surface area contributed by atoms with Crippen LogP contribution in [0.3, 0.4) is 0 Å². The van der Waals surface area contributed by atoms with E-state index in [1.54, 1.807) is 0 Å². The minimum absolute atomic E-state index is 0.0943. The van der Waals surface area contributed by atoms with E-state index < -0.39 is 21.1 Å². The van der Waals surface area contributed by atoms with Gasteiger partial charge in [0.15, 0.2) is 0 Å². The number of hydrogen-bond donors (Lipinski definition) is 1. The summed E-state index contributed by atoms with van der Waals surface area (Å²) in [7, 11) is -3.62. The van der Waals surface area contributed by atoms with Crippen molar-refractivity contribution in [2.45, 2.75) is 0 Å². The molecule has 0 aromatic heterocycles. The van der Waals surface area contributed by atoms with E-state index in [1.807, 2.05) is 4.72 Å². The van der Waals surface area contributed by atoms with Gasteiger partial charge < -0.3 is 0 Å². The quantitative estimate of drug-likeness (QED) is 0.794. The molecule has 3 nitrogen and oxygen atoms in total. The highest BCUT2D eigenvalue weighted by atomic mass is 35.5.